The molecule has 0 unspecified atom stereocenters. The fraction of sp³-hybridized carbons (Fsp3) is 0.231. The fourth-order valence-electron chi connectivity index (χ4n) is 4.46. The predicted molar refractivity (Wildman–Crippen MR) is 119 cm³/mol. The fourth-order valence-corrected chi connectivity index (χ4v) is 4.46. The van der Waals surface area contributed by atoms with Crippen LogP contribution in [-0.2, 0) is 4.74 Å². The number of nitrogens with zero attached hydrogens (tertiary/aromatic N) is 1. The molecule has 0 spiro atoms. The third kappa shape index (κ3) is 3.38. The van der Waals surface area contributed by atoms with Crippen LogP contribution in [0.15, 0.2) is 48.5 Å². The van der Waals surface area contributed by atoms with E-state index in [2.05, 4.69) is 0 Å². The topological polar surface area (TPSA) is 82.4 Å². The molecule has 0 aliphatic heterocycles. The normalized spacial score (nSPS) is 12.5. The number of aryl methyl sites for hydroxylation is 1. The molecule has 4 rings (SSSR count). The molecule has 162 valence electrons. The zero-order chi connectivity index (χ0) is 23.2. The minimum absolute atomic E-state index is 0.0178. The van der Waals surface area contributed by atoms with Gasteiger partial charge < -0.3 is 9.30 Å². The van der Waals surface area contributed by atoms with Crippen LogP contribution < -0.4 is 0 Å². The van der Waals surface area contributed by atoms with Crippen molar-refractivity contribution in [3.63, 3.8) is 0 Å². The number of hydrogen-bond donors (Lipinski definition) is 0. The van der Waals surface area contributed by atoms with Crippen molar-refractivity contribution in [1.82, 2.24) is 4.57 Å². The van der Waals surface area contributed by atoms with Crippen molar-refractivity contribution in [2.24, 2.45) is 0 Å². The largest absolute Gasteiger partial charge is 0.454 e. The molecule has 6 nitrogen and oxygen atoms in total. The second-order valence-corrected chi connectivity index (χ2v) is 8.18. The summed E-state index contributed by atoms with van der Waals surface area (Å²) >= 11 is 0. The maximum atomic E-state index is 13.1. The van der Waals surface area contributed by atoms with Crippen LogP contribution in [0.4, 0.5) is 0 Å². The highest BCUT2D eigenvalue weighted by Crippen LogP contribution is 2.30. The van der Waals surface area contributed by atoms with E-state index in [1.807, 2.05) is 32.3 Å². The lowest BCUT2D eigenvalue weighted by Gasteiger charge is -2.19. The SMILES string of the molecule is Cc1cc(C(=O)COC(=O)c2cccc3c2C(=O)c2ccccc2C3=O)c(C)n1C(C)C. The van der Waals surface area contributed by atoms with Crippen LogP contribution in [0, 0.1) is 13.8 Å². The van der Waals surface area contributed by atoms with E-state index in [1.165, 1.54) is 18.2 Å². The Morgan fingerprint density at radius 2 is 1.50 bits per heavy atom. The summed E-state index contributed by atoms with van der Waals surface area (Å²) < 4.78 is 7.33. The van der Waals surface area contributed by atoms with Crippen LogP contribution in [0.25, 0.3) is 0 Å². The van der Waals surface area contributed by atoms with Gasteiger partial charge in [0.1, 0.15) is 0 Å². The van der Waals surface area contributed by atoms with E-state index >= 15 is 0 Å². The lowest BCUT2D eigenvalue weighted by molar-refractivity contribution is 0.0472. The van der Waals surface area contributed by atoms with Crippen LogP contribution >= 0.6 is 0 Å². The highest BCUT2D eigenvalue weighted by atomic mass is 16.5. The number of ether oxygens (including phenoxy) is 1. The Kier molecular flexibility index (Phi) is 5.38. The van der Waals surface area contributed by atoms with Gasteiger partial charge in [-0.15, -0.1) is 0 Å². The number of ketones is 3. The molecule has 2 aromatic carbocycles. The highest BCUT2D eigenvalue weighted by Gasteiger charge is 2.33. The Hall–Kier alpha value is -3.80. The Balaban J connectivity index is 1.60. The molecule has 0 amide bonds. The molecular formula is C26H23NO5. The van der Waals surface area contributed by atoms with Crippen LogP contribution in [0.2, 0.25) is 0 Å². The molecule has 0 fully saturated rings. The molecule has 0 saturated carbocycles. The summed E-state index contributed by atoms with van der Waals surface area (Å²) in [5.41, 5.74) is 2.99. The van der Waals surface area contributed by atoms with Gasteiger partial charge in [-0.3, -0.25) is 14.4 Å². The first-order valence-corrected chi connectivity index (χ1v) is 10.4. The Bertz CT molecular complexity index is 1300. The van der Waals surface area contributed by atoms with Gasteiger partial charge in [-0.2, -0.15) is 0 Å². The van der Waals surface area contributed by atoms with Gasteiger partial charge in [0, 0.05) is 45.2 Å². The number of benzene rings is 2. The van der Waals surface area contributed by atoms with E-state index < -0.39 is 18.4 Å². The quantitative estimate of drug-likeness (QED) is 0.345. The van der Waals surface area contributed by atoms with E-state index in [1.54, 1.807) is 30.3 Å². The molecule has 3 aromatic rings. The molecule has 1 aromatic heterocycles. The first-order chi connectivity index (χ1) is 15.2. The summed E-state index contributed by atoms with van der Waals surface area (Å²) in [4.78, 5) is 51.5. The number of fused-ring (bicyclic) bond motifs is 2. The maximum absolute atomic E-state index is 13.1. The third-order valence-electron chi connectivity index (χ3n) is 5.81. The molecule has 6 heteroatoms. The van der Waals surface area contributed by atoms with Gasteiger partial charge in [0.05, 0.1) is 5.56 Å². The zero-order valence-electron chi connectivity index (χ0n) is 18.4. The van der Waals surface area contributed by atoms with Gasteiger partial charge in [0.2, 0.25) is 5.78 Å². The van der Waals surface area contributed by atoms with E-state index in [0.29, 0.717) is 11.1 Å². The van der Waals surface area contributed by atoms with Crippen LogP contribution in [0.3, 0.4) is 0 Å². The number of Topliss-reactive ketones (excluding diaryl/α,β-unsaturated/α-hetero) is 1. The zero-order valence-corrected chi connectivity index (χ0v) is 18.4. The summed E-state index contributed by atoms with van der Waals surface area (Å²) in [5.74, 6) is -1.86. The van der Waals surface area contributed by atoms with E-state index in [4.69, 9.17) is 4.74 Å². The molecule has 0 N–H and O–H groups in total. The summed E-state index contributed by atoms with van der Waals surface area (Å²) in [6, 6.07) is 13.0. The van der Waals surface area contributed by atoms with Crippen molar-refractivity contribution < 1.29 is 23.9 Å². The number of carbonyl (C=O) groups excluding carboxylic acids is 4. The summed E-state index contributed by atoms with van der Waals surface area (Å²) in [7, 11) is 0. The average molecular weight is 429 g/mol. The molecule has 0 bridgehead atoms. The van der Waals surface area contributed by atoms with Crippen molar-refractivity contribution in [1.29, 1.82) is 0 Å². The molecular weight excluding hydrogens is 406 g/mol. The van der Waals surface area contributed by atoms with Gasteiger partial charge in [-0.25, -0.2) is 4.79 Å². The van der Waals surface area contributed by atoms with E-state index in [0.717, 1.165) is 11.4 Å². The van der Waals surface area contributed by atoms with E-state index in [-0.39, 0.29) is 39.9 Å². The third-order valence-corrected chi connectivity index (χ3v) is 5.81. The number of aromatic nitrogens is 1. The molecule has 32 heavy (non-hydrogen) atoms. The summed E-state index contributed by atoms with van der Waals surface area (Å²) in [6.07, 6.45) is 0. The molecule has 1 aliphatic carbocycles. The van der Waals surface area contributed by atoms with Crippen molar-refractivity contribution in [3.8, 4) is 0 Å². The minimum atomic E-state index is -0.812. The molecule has 0 atom stereocenters. The molecule has 1 heterocycles. The summed E-state index contributed by atoms with van der Waals surface area (Å²) in [5, 5.41) is 0. The average Bonchev–Trinajstić information content (AvgIpc) is 3.09. The lowest BCUT2D eigenvalue weighted by Crippen LogP contribution is -2.25. The maximum Gasteiger partial charge on any atom is 0.339 e. The number of esters is 1. The van der Waals surface area contributed by atoms with Crippen molar-refractivity contribution in [3.05, 3.63) is 93.3 Å². The molecule has 0 radical (unpaired) electrons. The number of carbonyl (C=O) groups is 4. The second-order valence-electron chi connectivity index (χ2n) is 8.18. The Morgan fingerprint density at radius 3 is 2.12 bits per heavy atom. The van der Waals surface area contributed by atoms with Gasteiger partial charge in [0.15, 0.2) is 18.2 Å². The number of rotatable bonds is 5. The van der Waals surface area contributed by atoms with Crippen LogP contribution in [0.1, 0.15) is 83.8 Å². The van der Waals surface area contributed by atoms with Gasteiger partial charge in [-0.05, 0) is 39.8 Å². The Morgan fingerprint density at radius 1 is 0.875 bits per heavy atom. The van der Waals surface area contributed by atoms with Gasteiger partial charge >= 0.3 is 5.97 Å². The highest BCUT2D eigenvalue weighted by molar-refractivity contribution is 6.30. The van der Waals surface area contributed by atoms with Crippen LogP contribution in [-0.4, -0.2) is 34.5 Å². The Labute approximate surface area is 185 Å². The first-order valence-electron chi connectivity index (χ1n) is 10.4. The first kappa shape index (κ1) is 21.4. The smallest absolute Gasteiger partial charge is 0.339 e. The van der Waals surface area contributed by atoms with Crippen molar-refractivity contribution >= 4 is 23.3 Å². The minimum Gasteiger partial charge on any atom is -0.454 e. The lowest BCUT2D eigenvalue weighted by atomic mass is 9.82. The van der Waals surface area contributed by atoms with Crippen LogP contribution in [0.5, 0.6) is 0 Å². The number of hydrogen-bond acceptors (Lipinski definition) is 5. The van der Waals surface area contributed by atoms with Gasteiger partial charge in [0.25, 0.3) is 0 Å². The monoisotopic (exact) mass is 429 g/mol. The van der Waals surface area contributed by atoms with Gasteiger partial charge in [-0.1, -0.05) is 36.4 Å². The predicted octanol–water partition coefficient (Wildman–Crippen LogP) is 4.50. The van der Waals surface area contributed by atoms with E-state index in [9.17, 15) is 19.2 Å². The summed E-state index contributed by atoms with van der Waals surface area (Å²) in [6.45, 7) is 7.39. The molecule has 0 saturated heterocycles. The molecule has 1 aliphatic rings. The van der Waals surface area contributed by atoms with Crippen molar-refractivity contribution in [2.45, 2.75) is 33.7 Å². The van der Waals surface area contributed by atoms with Crippen molar-refractivity contribution in [2.75, 3.05) is 6.61 Å². The standard InChI is InChI=1S/C26H23NO5/c1-14(2)27-15(3)12-21(16(27)4)22(28)13-32-26(31)20-11-7-10-19-23(20)25(30)18-9-6-5-8-17(18)24(19)29/h5-12,14H,13H2,1-4H3. The second kappa shape index (κ2) is 8.04.